The number of aliphatic hydroxyl groups excluding tert-OH is 1. The van der Waals surface area contributed by atoms with Gasteiger partial charge in [-0.3, -0.25) is 4.90 Å². The van der Waals surface area contributed by atoms with Crippen molar-refractivity contribution >= 4 is 5.97 Å². The van der Waals surface area contributed by atoms with Gasteiger partial charge in [-0.25, -0.2) is 4.79 Å². The van der Waals surface area contributed by atoms with Crippen LogP contribution in [0.3, 0.4) is 0 Å². The number of carbonyl (C=O) groups is 1. The number of likely N-dealkylation sites (tertiary alicyclic amines) is 1. The van der Waals surface area contributed by atoms with Crippen molar-refractivity contribution in [3.63, 3.8) is 0 Å². The minimum absolute atomic E-state index is 0.310. The summed E-state index contributed by atoms with van der Waals surface area (Å²) >= 11 is 0. The minimum atomic E-state index is -0.350. The van der Waals surface area contributed by atoms with Gasteiger partial charge < -0.3 is 14.3 Å². The van der Waals surface area contributed by atoms with Gasteiger partial charge in [0.15, 0.2) is 0 Å². The third-order valence-corrected chi connectivity index (χ3v) is 3.61. The van der Waals surface area contributed by atoms with Crippen molar-refractivity contribution in [3.05, 3.63) is 23.7 Å². The fraction of sp³-hybridized carbons (Fsp3) is 0.643. The molecule has 1 saturated heterocycles. The van der Waals surface area contributed by atoms with E-state index in [9.17, 15) is 9.90 Å². The number of piperidine rings is 1. The highest BCUT2D eigenvalue weighted by Crippen LogP contribution is 2.21. The molecule has 0 radical (unpaired) electrons. The molecule has 2 heterocycles. The lowest BCUT2D eigenvalue weighted by Crippen LogP contribution is -2.42. The van der Waals surface area contributed by atoms with Crippen molar-refractivity contribution in [1.29, 1.82) is 0 Å². The fourth-order valence-corrected chi connectivity index (χ4v) is 2.31. The lowest BCUT2D eigenvalue weighted by molar-refractivity contribution is 0.0230. The van der Waals surface area contributed by atoms with Gasteiger partial charge in [0.2, 0.25) is 0 Å². The lowest BCUT2D eigenvalue weighted by Gasteiger charge is -2.33. The SMILES string of the molecule is CCOC(=O)c1ccoc1CN1CCC(C)C(O)C1. The highest BCUT2D eigenvalue weighted by Gasteiger charge is 2.26. The topological polar surface area (TPSA) is 62.9 Å². The summed E-state index contributed by atoms with van der Waals surface area (Å²) in [5.74, 6) is 0.592. The molecular formula is C14H21NO4. The maximum atomic E-state index is 11.7. The predicted octanol–water partition coefficient (Wildman–Crippen LogP) is 1.66. The first-order valence-corrected chi connectivity index (χ1v) is 6.75. The summed E-state index contributed by atoms with van der Waals surface area (Å²) in [7, 11) is 0. The van der Waals surface area contributed by atoms with Crippen LogP contribution in [0.25, 0.3) is 0 Å². The van der Waals surface area contributed by atoms with E-state index in [2.05, 4.69) is 11.8 Å². The molecule has 2 unspecified atom stereocenters. The Labute approximate surface area is 113 Å². The number of hydrogen-bond acceptors (Lipinski definition) is 5. The number of nitrogens with zero attached hydrogens (tertiary/aromatic N) is 1. The molecule has 5 nitrogen and oxygen atoms in total. The number of β-amino-alcohol motifs (C(OH)–C–C–N with tert-alkyl or cyclic N) is 1. The Hall–Kier alpha value is -1.33. The first-order chi connectivity index (χ1) is 9.11. The molecule has 1 aliphatic rings. The molecule has 0 bridgehead atoms. The summed E-state index contributed by atoms with van der Waals surface area (Å²) in [6.45, 7) is 6.23. The average Bonchev–Trinajstić information content (AvgIpc) is 2.82. The molecule has 0 aliphatic carbocycles. The molecule has 1 N–H and O–H groups in total. The Morgan fingerprint density at radius 1 is 1.63 bits per heavy atom. The molecule has 0 amide bonds. The molecule has 1 aromatic rings. The van der Waals surface area contributed by atoms with E-state index in [4.69, 9.17) is 9.15 Å². The largest absolute Gasteiger partial charge is 0.467 e. The summed E-state index contributed by atoms with van der Waals surface area (Å²) < 4.78 is 10.4. The normalized spacial score (nSPS) is 24.4. The van der Waals surface area contributed by atoms with Gasteiger partial charge in [-0.2, -0.15) is 0 Å². The fourth-order valence-electron chi connectivity index (χ4n) is 2.31. The monoisotopic (exact) mass is 267 g/mol. The van der Waals surface area contributed by atoms with Crippen molar-refractivity contribution in [2.75, 3.05) is 19.7 Å². The van der Waals surface area contributed by atoms with Crippen LogP contribution in [-0.2, 0) is 11.3 Å². The number of esters is 1. The van der Waals surface area contributed by atoms with Crippen LogP contribution >= 0.6 is 0 Å². The average molecular weight is 267 g/mol. The van der Waals surface area contributed by atoms with Gasteiger partial charge in [-0.15, -0.1) is 0 Å². The zero-order valence-electron chi connectivity index (χ0n) is 11.5. The second kappa shape index (κ2) is 6.21. The molecule has 1 aliphatic heterocycles. The van der Waals surface area contributed by atoms with E-state index < -0.39 is 0 Å². The van der Waals surface area contributed by atoms with Crippen LogP contribution in [0, 0.1) is 5.92 Å². The maximum Gasteiger partial charge on any atom is 0.341 e. The summed E-state index contributed by atoms with van der Waals surface area (Å²) in [6, 6.07) is 1.64. The van der Waals surface area contributed by atoms with Crippen LogP contribution in [0.1, 0.15) is 36.4 Å². The van der Waals surface area contributed by atoms with Crippen LogP contribution in [0.2, 0.25) is 0 Å². The van der Waals surface area contributed by atoms with E-state index in [0.29, 0.717) is 36.9 Å². The molecular weight excluding hydrogens is 246 g/mol. The van der Waals surface area contributed by atoms with E-state index in [1.807, 2.05) is 0 Å². The predicted molar refractivity (Wildman–Crippen MR) is 69.7 cm³/mol. The van der Waals surface area contributed by atoms with Gasteiger partial charge in [0.1, 0.15) is 11.3 Å². The Morgan fingerprint density at radius 3 is 3.11 bits per heavy atom. The Morgan fingerprint density at radius 2 is 2.42 bits per heavy atom. The number of aliphatic hydroxyl groups is 1. The van der Waals surface area contributed by atoms with Gasteiger partial charge in [0.25, 0.3) is 0 Å². The number of ether oxygens (including phenoxy) is 1. The highest BCUT2D eigenvalue weighted by atomic mass is 16.5. The zero-order chi connectivity index (χ0) is 13.8. The second-order valence-corrected chi connectivity index (χ2v) is 5.05. The summed E-state index contributed by atoms with van der Waals surface area (Å²) in [5.41, 5.74) is 0.481. The van der Waals surface area contributed by atoms with Crippen molar-refractivity contribution in [1.82, 2.24) is 4.90 Å². The molecule has 106 valence electrons. The summed E-state index contributed by atoms with van der Waals surface area (Å²) in [6.07, 6.45) is 2.15. The first kappa shape index (κ1) is 14.1. The quantitative estimate of drug-likeness (QED) is 0.841. The van der Waals surface area contributed by atoms with Crippen LogP contribution in [0.4, 0.5) is 0 Å². The van der Waals surface area contributed by atoms with Crippen molar-refractivity contribution < 1.29 is 19.1 Å². The standard InChI is InChI=1S/C14H21NO4/c1-3-18-14(17)11-5-7-19-13(11)9-15-6-4-10(2)12(16)8-15/h5,7,10,12,16H,3-4,6,8-9H2,1-2H3. The number of hydrogen-bond donors (Lipinski definition) is 1. The molecule has 1 fully saturated rings. The third kappa shape index (κ3) is 3.36. The van der Waals surface area contributed by atoms with Crippen LogP contribution in [0.15, 0.2) is 16.7 Å². The molecule has 0 saturated carbocycles. The smallest absolute Gasteiger partial charge is 0.341 e. The number of rotatable bonds is 4. The van der Waals surface area contributed by atoms with Crippen molar-refractivity contribution in [2.45, 2.75) is 32.9 Å². The molecule has 1 aromatic heterocycles. The molecule has 0 spiro atoms. The third-order valence-electron chi connectivity index (χ3n) is 3.61. The molecule has 2 atom stereocenters. The maximum absolute atomic E-state index is 11.7. The Bertz CT molecular complexity index is 429. The second-order valence-electron chi connectivity index (χ2n) is 5.05. The molecule has 5 heteroatoms. The highest BCUT2D eigenvalue weighted by molar-refractivity contribution is 5.90. The van der Waals surface area contributed by atoms with Crippen LogP contribution in [-0.4, -0.2) is 41.8 Å². The van der Waals surface area contributed by atoms with E-state index in [1.165, 1.54) is 6.26 Å². The van der Waals surface area contributed by atoms with E-state index in [-0.39, 0.29) is 12.1 Å². The Kier molecular flexibility index (Phi) is 4.61. The van der Waals surface area contributed by atoms with Crippen molar-refractivity contribution in [2.24, 2.45) is 5.92 Å². The lowest BCUT2D eigenvalue weighted by atomic mass is 9.96. The summed E-state index contributed by atoms with van der Waals surface area (Å²) in [5, 5.41) is 9.88. The Balaban J connectivity index is 2.00. The molecule has 19 heavy (non-hydrogen) atoms. The van der Waals surface area contributed by atoms with Crippen LogP contribution in [0.5, 0.6) is 0 Å². The molecule has 0 aromatic carbocycles. The molecule has 2 rings (SSSR count). The van der Waals surface area contributed by atoms with Crippen molar-refractivity contribution in [3.8, 4) is 0 Å². The van der Waals surface area contributed by atoms with Gasteiger partial charge in [-0.05, 0) is 31.9 Å². The van der Waals surface area contributed by atoms with Crippen LogP contribution < -0.4 is 0 Å². The number of carbonyl (C=O) groups excluding carboxylic acids is 1. The first-order valence-electron chi connectivity index (χ1n) is 6.75. The van der Waals surface area contributed by atoms with E-state index in [0.717, 1.165) is 13.0 Å². The zero-order valence-corrected chi connectivity index (χ0v) is 11.5. The van der Waals surface area contributed by atoms with E-state index in [1.54, 1.807) is 13.0 Å². The summed E-state index contributed by atoms with van der Waals surface area (Å²) in [4.78, 5) is 13.8. The van der Waals surface area contributed by atoms with Gasteiger partial charge in [0.05, 0.1) is 25.5 Å². The van der Waals surface area contributed by atoms with Gasteiger partial charge in [0, 0.05) is 6.54 Å². The van der Waals surface area contributed by atoms with Gasteiger partial charge >= 0.3 is 5.97 Å². The minimum Gasteiger partial charge on any atom is -0.467 e. The van der Waals surface area contributed by atoms with Gasteiger partial charge in [-0.1, -0.05) is 6.92 Å². The van der Waals surface area contributed by atoms with E-state index >= 15 is 0 Å². The number of furan rings is 1.